The Kier molecular flexibility index (Phi) is 4.96. The predicted molar refractivity (Wildman–Crippen MR) is 68.8 cm³/mol. The lowest BCUT2D eigenvalue weighted by Gasteiger charge is -2.14. The third kappa shape index (κ3) is 4.75. The van der Waals surface area contributed by atoms with Crippen molar-refractivity contribution in [1.82, 2.24) is 4.31 Å². The van der Waals surface area contributed by atoms with Gasteiger partial charge in [-0.05, 0) is 24.1 Å². The summed E-state index contributed by atoms with van der Waals surface area (Å²) in [5.74, 6) is 0.784. The van der Waals surface area contributed by atoms with Crippen molar-refractivity contribution in [1.29, 1.82) is 0 Å². The number of hydrogen-bond donors (Lipinski definition) is 0. The summed E-state index contributed by atoms with van der Waals surface area (Å²) in [5.41, 5.74) is 1.21. The van der Waals surface area contributed by atoms with Crippen LogP contribution in [0.4, 0.5) is 0 Å². The van der Waals surface area contributed by atoms with Crippen molar-refractivity contribution >= 4 is 10.0 Å². The normalized spacial score (nSPS) is 11.8. The molecule has 96 valence electrons. The fraction of sp³-hybridized carbons (Fsp3) is 0.500. The van der Waals surface area contributed by atoms with Crippen LogP contribution in [0.1, 0.15) is 12.5 Å². The van der Waals surface area contributed by atoms with Gasteiger partial charge in [-0.3, -0.25) is 0 Å². The summed E-state index contributed by atoms with van der Waals surface area (Å²) in [5, 5.41) is 0. The maximum atomic E-state index is 11.1. The molecule has 0 radical (unpaired) electrons. The highest BCUT2D eigenvalue weighted by molar-refractivity contribution is 7.88. The van der Waals surface area contributed by atoms with Crippen LogP contribution < -0.4 is 4.74 Å². The molecule has 1 aromatic carbocycles. The predicted octanol–water partition coefficient (Wildman–Crippen LogP) is 1.52. The smallest absolute Gasteiger partial charge is 0.211 e. The summed E-state index contributed by atoms with van der Waals surface area (Å²) in [4.78, 5) is 0. The SMILES string of the molecule is CCc1cccc(OCCN(C)S(C)(=O)=O)c1. The molecule has 0 aliphatic rings. The van der Waals surface area contributed by atoms with E-state index in [-0.39, 0.29) is 0 Å². The van der Waals surface area contributed by atoms with E-state index in [9.17, 15) is 8.42 Å². The van der Waals surface area contributed by atoms with E-state index < -0.39 is 10.0 Å². The number of likely N-dealkylation sites (N-methyl/N-ethyl adjacent to an activating group) is 1. The van der Waals surface area contributed by atoms with Crippen molar-refractivity contribution < 1.29 is 13.2 Å². The van der Waals surface area contributed by atoms with E-state index in [0.29, 0.717) is 13.2 Å². The van der Waals surface area contributed by atoms with Crippen LogP contribution >= 0.6 is 0 Å². The highest BCUT2D eigenvalue weighted by Crippen LogP contribution is 2.13. The molecule has 17 heavy (non-hydrogen) atoms. The molecule has 1 rings (SSSR count). The van der Waals surface area contributed by atoms with Crippen molar-refractivity contribution in [3.8, 4) is 5.75 Å². The standard InChI is InChI=1S/C12H19NO3S/c1-4-11-6-5-7-12(10-11)16-9-8-13(2)17(3,14)15/h5-7,10H,4,8-9H2,1-3H3. The van der Waals surface area contributed by atoms with E-state index in [4.69, 9.17) is 4.74 Å². The average Bonchev–Trinajstić information content (AvgIpc) is 2.28. The molecule has 0 heterocycles. The molecule has 0 atom stereocenters. The highest BCUT2D eigenvalue weighted by atomic mass is 32.2. The number of ether oxygens (including phenoxy) is 1. The Balaban J connectivity index is 2.46. The van der Waals surface area contributed by atoms with E-state index in [1.54, 1.807) is 7.05 Å². The summed E-state index contributed by atoms with van der Waals surface area (Å²) in [6, 6.07) is 7.82. The van der Waals surface area contributed by atoms with Crippen LogP contribution in [-0.2, 0) is 16.4 Å². The van der Waals surface area contributed by atoms with Crippen LogP contribution in [0, 0.1) is 0 Å². The second-order valence-corrected chi connectivity index (χ2v) is 6.02. The highest BCUT2D eigenvalue weighted by Gasteiger charge is 2.09. The van der Waals surface area contributed by atoms with Gasteiger partial charge < -0.3 is 4.74 Å². The number of sulfonamides is 1. The van der Waals surface area contributed by atoms with Crippen molar-refractivity contribution in [2.24, 2.45) is 0 Å². The Morgan fingerprint density at radius 1 is 1.35 bits per heavy atom. The molecule has 0 aliphatic heterocycles. The molecule has 0 aliphatic carbocycles. The molecule has 4 nitrogen and oxygen atoms in total. The summed E-state index contributed by atoms with van der Waals surface area (Å²) >= 11 is 0. The van der Waals surface area contributed by atoms with Gasteiger partial charge in [0, 0.05) is 13.6 Å². The van der Waals surface area contributed by atoms with Gasteiger partial charge in [0.05, 0.1) is 6.26 Å². The van der Waals surface area contributed by atoms with Crippen LogP contribution in [0.15, 0.2) is 24.3 Å². The number of aryl methyl sites for hydroxylation is 1. The monoisotopic (exact) mass is 257 g/mol. The zero-order chi connectivity index (χ0) is 12.9. The Labute approximate surface area is 103 Å². The number of nitrogens with zero attached hydrogens (tertiary/aromatic N) is 1. The second kappa shape index (κ2) is 6.02. The minimum Gasteiger partial charge on any atom is -0.492 e. The largest absolute Gasteiger partial charge is 0.492 e. The van der Waals surface area contributed by atoms with Gasteiger partial charge in [-0.15, -0.1) is 0 Å². The van der Waals surface area contributed by atoms with Gasteiger partial charge in [-0.1, -0.05) is 19.1 Å². The van der Waals surface area contributed by atoms with Crippen molar-refractivity contribution in [3.05, 3.63) is 29.8 Å². The molecular weight excluding hydrogens is 238 g/mol. The Bertz CT molecular complexity index is 457. The number of benzene rings is 1. The van der Waals surface area contributed by atoms with Gasteiger partial charge >= 0.3 is 0 Å². The molecule has 1 aromatic rings. The van der Waals surface area contributed by atoms with Gasteiger partial charge in [0.2, 0.25) is 10.0 Å². The quantitative estimate of drug-likeness (QED) is 0.776. The summed E-state index contributed by atoms with van der Waals surface area (Å²) in [6.45, 7) is 2.79. The Morgan fingerprint density at radius 2 is 2.06 bits per heavy atom. The molecular formula is C12H19NO3S. The fourth-order valence-corrected chi connectivity index (χ4v) is 1.72. The van der Waals surface area contributed by atoms with Gasteiger partial charge in [-0.25, -0.2) is 12.7 Å². The molecule has 0 saturated heterocycles. The van der Waals surface area contributed by atoms with Crippen molar-refractivity contribution in [2.75, 3.05) is 26.5 Å². The van der Waals surface area contributed by atoms with Crippen LogP contribution in [-0.4, -0.2) is 39.2 Å². The zero-order valence-electron chi connectivity index (χ0n) is 10.5. The molecule has 5 heteroatoms. The Morgan fingerprint density at radius 3 is 2.65 bits per heavy atom. The van der Waals surface area contributed by atoms with Gasteiger partial charge in [-0.2, -0.15) is 0 Å². The molecule has 0 N–H and O–H groups in total. The average molecular weight is 257 g/mol. The van der Waals surface area contributed by atoms with Crippen LogP contribution in [0.5, 0.6) is 5.75 Å². The summed E-state index contributed by atoms with van der Waals surface area (Å²) in [6.07, 6.45) is 2.14. The first-order valence-electron chi connectivity index (χ1n) is 5.56. The minimum atomic E-state index is -3.12. The fourth-order valence-electron chi connectivity index (χ4n) is 1.31. The van der Waals surface area contributed by atoms with E-state index >= 15 is 0 Å². The van der Waals surface area contributed by atoms with Crippen LogP contribution in [0.3, 0.4) is 0 Å². The summed E-state index contributed by atoms with van der Waals surface area (Å²) < 4.78 is 29.1. The third-order valence-corrected chi connectivity index (χ3v) is 3.86. The number of rotatable bonds is 6. The van der Waals surface area contributed by atoms with E-state index in [0.717, 1.165) is 12.2 Å². The van der Waals surface area contributed by atoms with E-state index in [2.05, 4.69) is 6.92 Å². The molecule has 0 aromatic heterocycles. The molecule has 0 unspecified atom stereocenters. The molecule has 0 saturated carbocycles. The van der Waals surface area contributed by atoms with Crippen LogP contribution in [0.2, 0.25) is 0 Å². The van der Waals surface area contributed by atoms with Gasteiger partial charge in [0.25, 0.3) is 0 Å². The van der Waals surface area contributed by atoms with E-state index in [1.165, 1.54) is 16.1 Å². The first kappa shape index (κ1) is 14.0. The lowest BCUT2D eigenvalue weighted by Crippen LogP contribution is -2.29. The van der Waals surface area contributed by atoms with Crippen LogP contribution in [0.25, 0.3) is 0 Å². The first-order chi connectivity index (χ1) is 7.93. The molecule has 0 bridgehead atoms. The zero-order valence-corrected chi connectivity index (χ0v) is 11.3. The molecule has 0 spiro atoms. The second-order valence-electron chi connectivity index (χ2n) is 3.93. The van der Waals surface area contributed by atoms with Crippen molar-refractivity contribution in [3.63, 3.8) is 0 Å². The first-order valence-corrected chi connectivity index (χ1v) is 7.41. The molecule has 0 fully saturated rings. The van der Waals surface area contributed by atoms with Crippen molar-refractivity contribution in [2.45, 2.75) is 13.3 Å². The lowest BCUT2D eigenvalue weighted by atomic mass is 10.2. The van der Waals surface area contributed by atoms with E-state index in [1.807, 2.05) is 24.3 Å². The number of hydrogen-bond acceptors (Lipinski definition) is 3. The summed E-state index contributed by atoms with van der Waals surface area (Å²) in [7, 11) is -1.57. The topological polar surface area (TPSA) is 46.6 Å². The maximum absolute atomic E-state index is 11.1. The maximum Gasteiger partial charge on any atom is 0.211 e. The van der Waals surface area contributed by atoms with Gasteiger partial charge in [0.1, 0.15) is 12.4 Å². The van der Waals surface area contributed by atoms with Gasteiger partial charge in [0.15, 0.2) is 0 Å². The Hall–Kier alpha value is -1.07. The lowest BCUT2D eigenvalue weighted by molar-refractivity contribution is 0.287. The third-order valence-electron chi connectivity index (χ3n) is 2.55. The minimum absolute atomic E-state index is 0.356. The molecule has 0 amide bonds.